The van der Waals surface area contributed by atoms with Crippen LogP contribution < -0.4 is 15.4 Å². The molecule has 158 valence electrons. The molecule has 0 unspecified atom stereocenters. The van der Waals surface area contributed by atoms with E-state index < -0.39 is 23.8 Å². The van der Waals surface area contributed by atoms with Crippen LogP contribution in [0.1, 0.15) is 11.4 Å². The van der Waals surface area contributed by atoms with Crippen molar-refractivity contribution in [2.24, 2.45) is 7.05 Å². The largest absolute Gasteiger partial charge is 0.496 e. The standard InChI is InChI=1S/C20H19F3N4O3/c1-27-15-8-7-13(11-14(15)26-19(27)20(21,22)23)25-18(29)17(28)24-10-9-12-5-3-4-6-16(12)30-2/h3-8,11H,9-10H2,1-2H3,(H,24,28)(H,25,29). The number of para-hydroxylation sites is 1. The summed E-state index contributed by atoms with van der Waals surface area (Å²) >= 11 is 0. The lowest BCUT2D eigenvalue weighted by molar-refractivity contribution is -0.146. The van der Waals surface area contributed by atoms with Gasteiger partial charge < -0.3 is 19.9 Å². The highest BCUT2D eigenvalue weighted by atomic mass is 19.4. The molecule has 1 heterocycles. The number of fused-ring (bicyclic) bond motifs is 1. The Morgan fingerprint density at radius 1 is 1.13 bits per heavy atom. The van der Waals surface area contributed by atoms with Crippen LogP contribution in [0.2, 0.25) is 0 Å². The van der Waals surface area contributed by atoms with Crippen molar-refractivity contribution >= 4 is 28.5 Å². The molecular formula is C20H19F3N4O3. The maximum atomic E-state index is 13.0. The summed E-state index contributed by atoms with van der Waals surface area (Å²) in [5.74, 6) is -2.16. The van der Waals surface area contributed by atoms with Gasteiger partial charge in [-0.25, -0.2) is 4.98 Å². The number of anilines is 1. The van der Waals surface area contributed by atoms with E-state index in [1.54, 1.807) is 13.2 Å². The molecule has 2 N–H and O–H groups in total. The fraction of sp³-hybridized carbons (Fsp3) is 0.250. The number of aryl methyl sites for hydroxylation is 1. The normalized spacial score (nSPS) is 11.4. The van der Waals surface area contributed by atoms with Crippen LogP contribution in [0, 0.1) is 0 Å². The molecule has 0 saturated heterocycles. The highest BCUT2D eigenvalue weighted by Gasteiger charge is 2.36. The van der Waals surface area contributed by atoms with Crippen molar-refractivity contribution in [1.29, 1.82) is 0 Å². The van der Waals surface area contributed by atoms with Gasteiger partial charge in [0.05, 0.1) is 18.1 Å². The zero-order valence-corrected chi connectivity index (χ0v) is 16.2. The van der Waals surface area contributed by atoms with Crippen molar-refractivity contribution in [3.05, 3.63) is 53.9 Å². The monoisotopic (exact) mass is 420 g/mol. The Morgan fingerprint density at radius 2 is 1.87 bits per heavy atom. The van der Waals surface area contributed by atoms with Crippen LogP contribution in [0.15, 0.2) is 42.5 Å². The lowest BCUT2D eigenvalue weighted by atomic mass is 10.1. The number of carbonyl (C=O) groups is 2. The molecule has 1 aromatic heterocycles. The number of nitrogens with zero attached hydrogens (tertiary/aromatic N) is 2. The molecule has 0 aliphatic heterocycles. The number of halogens is 3. The van der Waals surface area contributed by atoms with Crippen molar-refractivity contribution in [2.45, 2.75) is 12.6 Å². The fourth-order valence-corrected chi connectivity index (χ4v) is 3.02. The van der Waals surface area contributed by atoms with Crippen LogP contribution in [0.25, 0.3) is 11.0 Å². The van der Waals surface area contributed by atoms with E-state index in [-0.39, 0.29) is 23.3 Å². The van der Waals surface area contributed by atoms with E-state index >= 15 is 0 Å². The summed E-state index contributed by atoms with van der Waals surface area (Å²) in [4.78, 5) is 27.7. The van der Waals surface area contributed by atoms with Crippen molar-refractivity contribution in [3.8, 4) is 5.75 Å². The minimum Gasteiger partial charge on any atom is -0.496 e. The second kappa shape index (κ2) is 8.44. The van der Waals surface area contributed by atoms with Gasteiger partial charge in [-0.15, -0.1) is 0 Å². The van der Waals surface area contributed by atoms with Crippen LogP contribution in [-0.2, 0) is 29.2 Å². The molecule has 0 aliphatic rings. The predicted molar refractivity (Wildman–Crippen MR) is 104 cm³/mol. The number of imidazole rings is 1. The number of methoxy groups -OCH3 is 1. The van der Waals surface area contributed by atoms with Gasteiger partial charge in [-0.05, 0) is 36.2 Å². The lowest BCUT2D eigenvalue weighted by Crippen LogP contribution is -2.36. The van der Waals surface area contributed by atoms with E-state index in [0.29, 0.717) is 12.2 Å². The number of carbonyl (C=O) groups excluding carboxylic acids is 2. The number of rotatable bonds is 5. The van der Waals surface area contributed by atoms with Gasteiger partial charge in [0.2, 0.25) is 5.82 Å². The first-order chi connectivity index (χ1) is 14.2. The maximum Gasteiger partial charge on any atom is 0.449 e. The summed E-state index contributed by atoms with van der Waals surface area (Å²) in [5.41, 5.74) is 1.35. The van der Waals surface area contributed by atoms with Crippen LogP contribution in [-0.4, -0.2) is 35.0 Å². The Balaban J connectivity index is 1.62. The third-order valence-corrected chi connectivity index (χ3v) is 4.47. The van der Waals surface area contributed by atoms with E-state index in [1.807, 2.05) is 18.2 Å². The summed E-state index contributed by atoms with van der Waals surface area (Å²) in [6.07, 6.45) is -4.14. The predicted octanol–water partition coefficient (Wildman–Crippen LogP) is 2.90. The molecule has 30 heavy (non-hydrogen) atoms. The third-order valence-electron chi connectivity index (χ3n) is 4.47. The average molecular weight is 420 g/mol. The Bertz CT molecular complexity index is 1090. The van der Waals surface area contributed by atoms with Crippen molar-refractivity contribution in [3.63, 3.8) is 0 Å². The van der Waals surface area contributed by atoms with Crippen molar-refractivity contribution < 1.29 is 27.5 Å². The maximum absolute atomic E-state index is 13.0. The molecule has 0 radical (unpaired) electrons. The topological polar surface area (TPSA) is 85.2 Å². The Hall–Kier alpha value is -3.56. The molecule has 0 atom stereocenters. The van der Waals surface area contributed by atoms with E-state index in [4.69, 9.17) is 4.74 Å². The highest BCUT2D eigenvalue weighted by molar-refractivity contribution is 6.39. The van der Waals surface area contributed by atoms with Crippen molar-refractivity contribution in [1.82, 2.24) is 14.9 Å². The van der Waals surface area contributed by atoms with Crippen LogP contribution >= 0.6 is 0 Å². The van der Waals surface area contributed by atoms with Gasteiger partial charge in [-0.1, -0.05) is 18.2 Å². The lowest BCUT2D eigenvalue weighted by Gasteiger charge is -2.09. The zero-order valence-electron chi connectivity index (χ0n) is 16.2. The number of hydrogen-bond donors (Lipinski definition) is 2. The molecule has 3 rings (SSSR count). The SMILES string of the molecule is COc1ccccc1CCNC(=O)C(=O)Nc1ccc2c(c1)nc(C(F)(F)F)n2C. The van der Waals surface area contributed by atoms with Gasteiger partial charge in [-0.3, -0.25) is 9.59 Å². The molecule has 0 bridgehead atoms. The van der Waals surface area contributed by atoms with Gasteiger partial charge in [0, 0.05) is 19.3 Å². The Morgan fingerprint density at radius 3 is 2.57 bits per heavy atom. The highest BCUT2D eigenvalue weighted by Crippen LogP contribution is 2.31. The molecule has 3 aromatic rings. The first-order valence-corrected chi connectivity index (χ1v) is 8.95. The minimum absolute atomic E-state index is 0.0548. The summed E-state index contributed by atoms with van der Waals surface area (Å²) in [5, 5.41) is 4.86. The Labute approximate surface area is 169 Å². The fourth-order valence-electron chi connectivity index (χ4n) is 3.02. The molecule has 0 aliphatic carbocycles. The number of nitrogens with one attached hydrogen (secondary N) is 2. The number of alkyl halides is 3. The molecule has 2 amide bonds. The number of amides is 2. The summed E-state index contributed by atoms with van der Waals surface area (Å²) < 4.78 is 45.1. The Kier molecular flexibility index (Phi) is 5.95. The van der Waals surface area contributed by atoms with E-state index in [0.717, 1.165) is 10.1 Å². The van der Waals surface area contributed by atoms with Crippen molar-refractivity contribution in [2.75, 3.05) is 19.0 Å². The second-order valence-corrected chi connectivity index (χ2v) is 6.47. The first kappa shape index (κ1) is 21.2. The summed E-state index contributed by atoms with van der Waals surface area (Å²) in [7, 11) is 2.80. The number of aromatic nitrogens is 2. The van der Waals surface area contributed by atoms with Gasteiger partial charge >= 0.3 is 18.0 Å². The van der Waals surface area contributed by atoms with E-state index in [9.17, 15) is 22.8 Å². The average Bonchev–Trinajstić information content (AvgIpc) is 3.04. The smallest absolute Gasteiger partial charge is 0.449 e. The molecular weight excluding hydrogens is 401 g/mol. The second-order valence-electron chi connectivity index (χ2n) is 6.47. The molecule has 0 saturated carbocycles. The molecule has 0 fully saturated rings. The third kappa shape index (κ3) is 4.53. The summed E-state index contributed by atoms with van der Waals surface area (Å²) in [6, 6.07) is 11.4. The first-order valence-electron chi connectivity index (χ1n) is 8.95. The van der Waals surface area contributed by atoms with Gasteiger partial charge in [0.1, 0.15) is 5.75 Å². The van der Waals surface area contributed by atoms with E-state index in [2.05, 4.69) is 15.6 Å². The molecule has 7 nitrogen and oxygen atoms in total. The molecule has 2 aromatic carbocycles. The van der Waals surface area contributed by atoms with Gasteiger partial charge in [-0.2, -0.15) is 13.2 Å². The van der Waals surface area contributed by atoms with Crippen LogP contribution in [0.5, 0.6) is 5.75 Å². The van der Waals surface area contributed by atoms with Crippen LogP contribution in [0.3, 0.4) is 0 Å². The van der Waals surface area contributed by atoms with E-state index in [1.165, 1.54) is 25.2 Å². The van der Waals surface area contributed by atoms with Gasteiger partial charge in [0.15, 0.2) is 0 Å². The molecule has 10 heteroatoms. The van der Waals surface area contributed by atoms with Crippen LogP contribution in [0.4, 0.5) is 18.9 Å². The minimum atomic E-state index is -4.60. The number of benzene rings is 2. The number of hydrogen-bond acceptors (Lipinski definition) is 4. The quantitative estimate of drug-likeness (QED) is 0.622. The molecule has 0 spiro atoms. The van der Waals surface area contributed by atoms with Gasteiger partial charge in [0.25, 0.3) is 0 Å². The number of ether oxygens (including phenoxy) is 1. The summed E-state index contributed by atoms with van der Waals surface area (Å²) in [6.45, 7) is 0.209. The zero-order chi connectivity index (χ0) is 21.9.